The van der Waals surface area contributed by atoms with Crippen LogP contribution in [0, 0.1) is 6.92 Å². The van der Waals surface area contributed by atoms with Crippen LogP contribution in [-0.4, -0.2) is 76.3 Å². The zero-order valence-corrected chi connectivity index (χ0v) is 21.2. The lowest BCUT2D eigenvalue weighted by Gasteiger charge is -2.39. The number of aryl methyl sites for hydroxylation is 1. The summed E-state index contributed by atoms with van der Waals surface area (Å²) in [4.78, 5) is 12.7. The second-order valence-electron chi connectivity index (χ2n) is 8.55. The van der Waals surface area contributed by atoms with E-state index in [1.807, 2.05) is 6.20 Å². The van der Waals surface area contributed by atoms with E-state index in [-0.39, 0.29) is 37.2 Å². The Kier molecular flexibility index (Phi) is 11.6. The summed E-state index contributed by atoms with van der Waals surface area (Å²) in [5.74, 6) is 1.09. The standard InChI is InChI=1S/C22H34N6.3ClH/c1-17(2)26-12-8-19(9-13-26)27-10-5-11-28(15-14-27)21-7-4-6-20(24-21)22-18(3)16-23-25-22;;;/h4,6-7,16-17,19H,5,8-15H2,1-3H3,(H,23,25);3*1H. The monoisotopic (exact) mass is 490 g/mol. The van der Waals surface area contributed by atoms with Crippen LogP contribution in [0.4, 0.5) is 5.82 Å². The predicted octanol–water partition coefficient (Wildman–Crippen LogP) is 4.43. The number of aromatic amines is 1. The normalized spacial score (nSPS) is 18.6. The van der Waals surface area contributed by atoms with E-state index in [2.05, 4.69) is 63.9 Å². The van der Waals surface area contributed by atoms with Crippen LogP contribution in [0.25, 0.3) is 11.4 Å². The summed E-state index contributed by atoms with van der Waals surface area (Å²) in [6, 6.07) is 7.75. The number of nitrogens with one attached hydrogen (secondary N) is 1. The minimum atomic E-state index is 0. The molecule has 9 heteroatoms. The van der Waals surface area contributed by atoms with Crippen molar-refractivity contribution in [3.8, 4) is 11.4 Å². The number of hydrogen-bond donors (Lipinski definition) is 1. The molecule has 6 nitrogen and oxygen atoms in total. The molecule has 0 unspecified atom stereocenters. The molecule has 2 aliphatic rings. The fraction of sp³-hybridized carbons (Fsp3) is 0.636. The first-order valence-electron chi connectivity index (χ1n) is 10.8. The molecule has 0 radical (unpaired) electrons. The van der Waals surface area contributed by atoms with Crippen LogP contribution in [0.2, 0.25) is 0 Å². The highest BCUT2D eigenvalue weighted by Gasteiger charge is 2.27. The van der Waals surface area contributed by atoms with Crippen molar-refractivity contribution in [3.05, 3.63) is 30.0 Å². The van der Waals surface area contributed by atoms with Crippen molar-refractivity contribution < 1.29 is 0 Å². The highest BCUT2D eigenvalue weighted by atomic mass is 35.5. The van der Waals surface area contributed by atoms with Crippen molar-refractivity contribution in [1.82, 2.24) is 25.0 Å². The summed E-state index contributed by atoms with van der Waals surface area (Å²) in [5.41, 5.74) is 3.14. The third-order valence-electron chi connectivity index (χ3n) is 6.42. The zero-order valence-electron chi connectivity index (χ0n) is 18.8. The molecule has 176 valence electrons. The van der Waals surface area contributed by atoms with E-state index in [1.54, 1.807) is 0 Å². The Hall–Kier alpha value is -1.05. The molecule has 2 fully saturated rings. The molecule has 2 aliphatic heterocycles. The topological polar surface area (TPSA) is 51.3 Å². The Labute approximate surface area is 205 Å². The van der Waals surface area contributed by atoms with Crippen molar-refractivity contribution >= 4 is 43.0 Å². The van der Waals surface area contributed by atoms with Crippen molar-refractivity contribution in [1.29, 1.82) is 0 Å². The number of aromatic nitrogens is 3. The molecular formula is C22H37Cl3N6. The van der Waals surface area contributed by atoms with Crippen molar-refractivity contribution in [2.45, 2.75) is 52.1 Å². The first-order chi connectivity index (χ1) is 13.6. The zero-order chi connectivity index (χ0) is 19.5. The summed E-state index contributed by atoms with van der Waals surface area (Å²) in [6.07, 6.45) is 5.69. The van der Waals surface area contributed by atoms with Gasteiger partial charge in [0.25, 0.3) is 0 Å². The Morgan fingerprint density at radius 1 is 0.968 bits per heavy atom. The van der Waals surface area contributed by atoms with Crippen LogP contribution >= 0.6 is 37.2 Å². The van der Waals surface area contributed by atoms with Crippen LogP contribution in [0.5, 0.6) is 0 Å². The lowest BCUT2D eigenvalue weighted by Crippen LogP contribution is -2.47. The lowest BCUT2D eigenvalue weighted by atomic mass is 10.0. The van der Waals surface area contributed by atoms with Gasteiger partial charge in [-0.1, -0.05) is 6.07 Å². The van der Waals surface area contributed by atoms with Gasteiger partial charge in [0, 0.05) is 38.3 Å². The quantitative estimate of drug-likeness (QED) is 0.685. The molecule has 0 saturated carbocycles. The summed E-state index contributed by atoms with van der Waals surface area (Å²) in [5, 5.41) is 7.23. The third-order valence-corrected chi connectivity index (χ3v) is 6.42. The molecule has 0 atom stereocenters. The maximum absolute atomic E-state index is 4.94. The number of nitrogens with zero attached hydrogens (tertiary/aromatic N) is 5. The highest BCUT2D eigenvalue weighted by Crippen LogP contribution is 2.24. The maximum atomic E-state index is 4.94. The van der Waals surface area contributed by atoms with Crippen LogP contribution in [0.15, 0.2) is 24.4 Å². The molecule has 0 bridgehead atoms. The van der Waals surface area contributed by atoms with Crippen LogP contribution in [0.3, 0.4) is 0 Å². The predicted molar refractivity (Wildman–Crippen MR) is 136 cm³/mol. The SMILES string of the molecule is Cc1cn[nH]c1-c1cccc(N2CCCN(C3CCN(C(C)C)CC3)CC2)n1.Cl.Cl.Cl. The van der Waals surface area contributed by atoms with E-state index >= 15 is 0 Å². The van der Waals surface area contributed by atoms with Gasteiger partial charge in [-0.2, -0.15) is 5.10 Å². The second-order valence-corrected chi connectivity index (χ2v) is 8.55. The second kappa shape index (κ2) is 12.9. The van der Waals surface area contributed by atoms with E-state index in [1.165, 1.54) is 38.9 Å². The summed E-state index contributed by atoms with van der Waals surface area (Å²) in [7, 11) is 0. The van der Waals surface area contributed by atoms with Gasteiger partial charge in [-0.25, -0.2) is 4.98 Å². The van der Waals surface area contributed by atoms with E-state index in [9.17, 15) is 0 Å². The number of rotatable bonds is 4. The molecule has 4 rings (SSSR count). The molecule has 4 heterocycles. The van der Waals surface area contributed by atoms with Gasteiger partial charge >= 0.3 is 0 Å². The molecule has 31 heavy (non-hydrogen) atoms. The number of pyridine rings is 1. The van der Waals surface area contributed by atoms with E-state index < -0.39 is 0 Å². The van der Waals surface area contributed by atoms with Gasteiger partial charge in [0.15, 0.2) is 0 Å². The minimum Gasteiger partial charge on any atom is -0.355 e. The molecule has 2 aromatic heterocycles. The van der Waals surface area contributed by atoms with Crippen LogP contribution < -0.4 is 4.90 Å². The van der Waals surface area contributed by atoms with Crippen molar-refractivity contribution in [2.75, 3.05) is 44.2 Å². The Balaban J connectivity index is 0.00000160. The number of anilines is 1. The lowest BCUT2D eigenvalue weighted by molar-refractivity contribution is 0.0965. The molecule has 0 aromatic carbocycles. The molecule has 2 saturated heterocycles. The Morgan fingerprint density at radius 3 is 2.35 bits per heavy atom. The number of likely N-dealkylation sites (tertiary alicyclic amines) is 1. The van der Waals surface area contributed by atoms with Crippen LogP contribution in [-0.2, 0) is 0 Å². The number of halogens is 3. The van der Waals surface area contributed by atoms with Gasteiger partial charge in [0.05, 0.1) is 17.6 Å². The van der Waals surface area contributed by atoms with E-state index in [0.717, 1.165) is 48.4 Å². The molecule has 2 aromatic rings. The molecule has 0 spiro atoms. The van der Waals surface area contributed by atoms with Gasteiger partial charge in [0.1, 0.15) is 5.82 Å². The fourth-order valence-electron chi connectivity index (χ4n) is 4.64. The average molecular weight is 492 g/mol. The Bertz CT molecular complexity index is 776. The van der Waals surface area contributed by atoms with Gasteiger partial charge in [-0.05, 0) is 70.8 Å². The van der Waals surface area contributed by atoms with E-state index in [4.69, 9.17) is 4.98 Å². The Morgan fingerprint density at radius 2 is 1.71 bits per heavy atom. The first kappa shape index (κ1) is 28.0. The summed E-state index contributed by atoms with van der Waals surface area (Å²) < 4.78 is 0. The molecule has 1 N–H and O–H groups in total. The minimum absolute atomic E-state index is 0. The van der Waals surface area contributed by atoms with Crippen LogP contribution in [0.1, 0.15) is 38.7 Å². The smallest absolute Gasteiger partial charge is 0.129 e. The summed E-state index contributed by atoms with van der Waals surface area (Å²) >= 11 is 0. The average Bonchev–Trinajstić information content (AvgIpc) is 2.99. The molecule has 0 aliphatic carbocycles. The van der Waals surface area contributed by atoms with E-state index in [0.29, 0.717) is 6.04 Å². The number of piperidine rings is 1. The molecule has 0 amide bonds. The van der Waals surface area contributed by atoms with Crippen molar-refractivity contribution in [3.63, 3.8) is 0 Å². The van der Waals surface area contributed by atoms with Gasteiger partial charge < -0.3 is 9.80 Å². The number of H-pyrrole nitrogens is 1. The largest absolute Gasteiger partial charge is 0.355 e. The maximum Gasteiger partial charge on any atom is 0.129 e. The third kappa shape index (κ3) is 6.72. The van der Waals surface area contributed by atoms with Gasteiger partial charge in [-0.15, -0.1) is 37.2 Å². The highest BCUT2D eigenvalue weighted by molar-refractivity contribution is 5.86. The van der Waals surface area contributed by atoms with Crippen molar-refractivity contribution in [2.24, 2.45) is 0 Å². The fourth-order valence-corrected chi connectivity index (χ4v) is 4.64. The summed E-state index contributed by atoms with van der Waals surface area (Å²) in [6.45, 7) is 13.7. The van der Waals surface area contributed by atoms with Gasteiger partial charge in [-0.3, -0.25) is 10.00 Å². The first-order valence-corrected chi connectivity index (χ1v) is 10.8. The molecular weight excluding hydrogens is 455 g/mol. The number of hydrogen-bond acceptors (Lipinski definition) is 5. The van der Waals surface area contributed by atoms with Gasteiger partial charge in [0.2, 0.25) is 0 Å².